The van der Waals surface area contributed by atoms with Gasteiger partial charge >= 0.3 is 5.97 Å². The lowest BCUT2D eigenvalue weighted by Gasteiger charge is -2.37. The van der Waals surface area contributed by atoms with Gasteiger partial charge in [-0.1, -0.05) is 34.1 Å². The highest BCUT2D eigenvalue weighted by atomic mass is 79.9. The summed E-state index contributed by atoms with van der Waals surface area (Å²) in [6.45, 7) is 2.03. The molecule has 1 atom stereocenters. The molecule has 2 heterocycles. The summed E-state index contributed by atoms with van der Waals surface area (Å²) in [5.41, 5.74) is 2.84. The molecule has 6 nitrogen and oxygen atoms in total. The molecule has 2 aliphatic heterocycles. The Balaban J connectivity index is 1.86. The average Bonchev–Trinajstić information content (AvgIpc) is 3.14. The monoisotopic (exact) mass is 460 g/mol. The van der Waals surface area contributed by atoms with Crippen LogP contribution < -0.4 is 19.7 Å². The van der Waals surface area contributed by atoms with Crippen molar-refractivity contribution in [3.8, 4) is 11.5 Å². The van der Waals surface area contributed by atoms with Crippen LogP contribution in [0, 0.1) is 0 Å². The number of benzene rings is 2. The van der Waals surface area contributed by atoms with Gasteiger partial charge in [-0.05, 0) is 49.0 Å². The molecule has 0 spiro atoms. The Bertz CT molecular complexity index is 993. The van der Waals surface area contributed by atoms with E-state index in [1.54, 1.807) is 0 Å². The number of carbonyl (C=O) groups is 1. The topological polar surface area (TPSA) is 60.0 Å². The maximum absolute atomic E-state index is 12.7. The molecule has 28 heavy (non-hydrogen) atoms. The molecular weight excluding hydrogens is 444 g/mol. The van der Waals surface area contributed by atoms with Crippen molar-refractivity contribution in [1.29, 1.82) is 0 Å². The zero-order chi connectivity index (χ0) is 19.8. The van der Waals surface area contributed by atoms with Crippen molar-refractivity contribution in [2.45, 2.75) is 13.0 Å². The maximum atomic E-state index is 12.7. The molecule has 2 aromatic rings. The van der Waals surface area contributed by atoms with Gasteiger partial charge in [-0.25, -0.2) is 4.79 Å². The highest BCUT2D eigenvalue weighted by Gasteiger charge is 2.37. The van der Waals surface area contributed by atoms with Gasteiger partial charge in [-0.15, -0.1) is 0 Å². The van der Waals surface area contributed by atoms with E-state index < -0.39 is 12.0 Å². The number of anilines is 1. The second-order valence-electron chi connectivity index (χ2n) is 6.27. The molecule has 144 valence electrons. The fourth-order valence-corrected chi connectivity index (χ4v) is 4.30. The Hall–Kier alpha value is -2.58. The molecule has 1 unspecified atom stereocenters. The number of ether oxygens (including phenoxy) is 3. The number of rotatable bonds is 3. The zero-order valence-corrected chi connectivity index (χ0v) is 17.6. The number of methoxy groups -OCH3 is 1. The van der Waals surface area contributed by atoms with Gasteiger partial charge in [0.25, 0.3) is 0 Å². The van der Waals surface area contributed by atoms with Gasteiger partial charge in [0.15, 0.2) is 16.6 Å². The van der Waals surface area contributed by atoms with Crippen LogP contribution in [-0.2, 0) is 9.53 Å². The number of hydrogen-bond acceptors (Lipinski definition) is 5. The lowest BCUT2D eigenvalue weighted by Crippen LogP contribution is -2.48. The minimum atomic E-state index is -0.496. The third-order valence-corrected chi connectivity index (χ3v) is 5.69. The van der Waals surface area contributed by atoms with Crippen LogP contribution in [0.25, 0.3) is 0 Å². The summed E-state index contributed by atoms with van der Waals surface area (Å²) in [6, 6.07) is 12.8. The number of halogens is 1. The molecule has 2 aromatic carbocycles. The third-order valence-electron chi connectivity index (χ3n) is 4.71. The van der Waals surface area contributed by atoms with Crippen LogP contribution in [0.1, 0.15) is 18.5 Å². The summed E-state index contributed by atoms with van der Waals surface area (Å²) in [5, 5.41) is 3.77. The highest BCUT2D eigenvalue weighted by Crippen LogP contribution is 2.43. The van der Waals surface area contributed by atoms with Crippen LogP contribution in [0.5, 0.6) is 11.5 Å². The molecular formula is C20H17BrN2O4S. The molecule has 0 amide bonds. The van der Waals surface area contributed by atoms with E-state index in [2.05, 4.69) is 21.2 Å². The first-order chi connectivity index (χ1) is 13.5. The third kappa shape index (κ3) is 3.12. The molecule has 0 radical (unpaired) electrons. The maximum Gasteiger partial charge on any atom is 0.337 e. The van der Waals surface area contributed by atoms with E-state index in [-0.39, 0.29) is 6.79 Å². The van der Waals surface area contributed by atoms with Gasteiger partial charge in [-0.2, -0.15) is 0 Å². The summed E-state index contributed by atoms with van der Waals surface area (Å²) in [5.74, 6) is 0.849. The first-order valence-electron chi connectivity index (χ1n) is 8.55. The molecule has 0 bridgehead atoms. The second kappa shape index (κ2) is 7.44. The lowest BCUT2D eigenvalue weighted by molar-refractivity contribution is -0.136. The van der Waals surface area contributed by atoms with Crippen molar-refractivity contribution in [3.05, 3.63) is 63.8 Å². The number of thiocarbonyl (C=S) groups is 1. The number of nitrogens with zero attached hydrogens (tertiary/aromatic N) is 1. The average molecular weight is 461 g/mol. The number of hydrogen-bond donors (Lipinski definition) is 1. The Labute approximate surface area is 176 Å². The van der Waals surface area contributed by atoms with Crippen LogP contribution in [0.4, 0.5) is 5.69 Å². The van der Waals surface area contributed by atoms with Gasteiger partial charge in [0.05, 0.1) is 18.7 Å². The molecule has 2 aliphatic rings. The number of nitrogens with one attached hydrogen (secondary N) is 1. The number of carbonyl (C=O) groups excluding carboxylic acids is 1. The number of esters is 1. The van der Waals surface area contributed by atoms with Crippen LogP contribution in [0.15, 0.2) is 58.2 Å². The zero-order valence-electron chi connectivity index (χ0n) is 15.2. The van der Waals surface area contributed by atoms with E-state index in [1.165, 1.54) is 7.11 Å². The van der Waals surface area contributed by atoms with Crippen LogP contribution in [0.2, 0.25) is 0 Å². The van der Waals surface area contributed by atoms with E-state index in [1.807, 2.05) is 54.3 Å². The van der Waals surface area contributed by atoms with E-state index in [0.29, 0.717) is 27.9 Å². The smallest absolute Gasteiger partial charge is 0.337 e. The van der Waals surface area contributed by atoms with Crippen LogP contribution >= 0.6 is 28.1 Å². The highest BCUT2D eigenvalue weighted by molar-refractivity contribution is 9.10. The lowest BCUT2D eigenvalue weighted by atomic mass is 9.94. The Morgan fingerprint density at radius 2 is 1.93 bits per heavy atom. The van der Waals surface area contributed by atoms with Crippen molar-refractivity contribution in [1.82, 2.24) is 5.32 Å². The Morgan fingerprint density at radius 3 is 2.61 bits per heavy atom. The van der Waals surface area contributed by atoms with E-state index >= 15 is 0 Å². The Kier molecular flexibility index (Phi) is 4.99. The summed E-state index contributed by atoms with van der Waals surface area (Å²) in [4.78, 5) is 14.6. The molecule has 8 heteroatoms. The van der Waals surface area contributed by atoms with Gasteiger partial charge in [0.1, 0.15) is 0 Å². The minimum absolute atomic E-state index is 0.169. The minimum Gasteiger partial charge on any atom is -0.466 e. The summed E-state index contributed by atoms with van der Waals surface area (Å²) in [7, 11) is 1.37. The van der Waals surface area contributed by atoms with E-state index in [4.69, 9.17) is 26.4 Å². The molecule has 1 N–H and O–H groups in total. The van der Waals surface area contributed by atoms with Gasteiger partial charge in [-0.3, -0.25) is 4.90 Å². The molecule has 0 aliphatic carbocycles. The number of fused-ring (bicyclic) bond motifs is 1. The number of allylic oxidation sites excluding steroid dienone is 1. The molecule has 0 saturated carbocycles. The van der Waals surface area contributed by atoms with Crippen molar-refractivity contribution < 1.29 is 19.0 Å². The molecule has 0 aromatic heterocycles. The van der Waals surface area contributed by atoms with E-state index in [0.717, 1.165) is 15.7 Å². The van der Waals surface area contributed by atoms with Crippen LogP contribution in [-0.4, -0.2) is 25.0 Å². The fourth-order valence-electron chi connectivity index (χ4n) is 3.39. The standard InChI is InChI=1S/C20H17BrN2O4S/c1-11-17(19(24)25-2)18(13-8-15-16(9-14(13)21)27-10-26-15)22-20(28)23(11)12-6-4-3-5-7-12/h3-9,18H,10H2,1-2H3,(H,22,28). The van der Waals surface area contributed by atoms with Crippen LogP contribution in [0.3, 0.4) is 0 Å². The number of para-hydroxylation sites is 1. The van der Waals surface area contributed by atoms with Gasteiger partial charge in [0.2, 0.25) is 6.79 Å². The van der Waals surface area contributed by atoms with Crippen molar-refractivity contribution in [2.75, 3.05) is 18.8 Å². The predicted molar refractivity (Wildman–Crippen MR) is 112 cm³/mol. The summed E-state index contributed by atoms with van der Waals surface area (Å²) < 4.78 is 16.8. The molecule has 0 saturated heterocycles. The quantitative estimate of drug-likeness (QED) is 0.547. The largest absolute Gasteiger partial charge is 0.466 e. The molecule has 0 fully saturated rings. The van der Waals surface area contributed by atoms with Crippen molar-refractivity contribution >= 4 is 44.9 Å². The fraction of sp³-hybridized carbons (Fsp3) is 0.200. The van der Waals surface area contributed by atoms with Gasteiger partial charge in [0, 0.05) is 15.9 Å². The predicted octanol–water partition coefficient (Wildman–Crippen LogP) is 4.06. The SMILES string of the molecule is COC(=O)C1=C(C)N(c2ccccc2)C(=S)NC1c1cc2c(cc1Br)OCO2. The Morgan fingerprint density at radius 1 is 1.25 bits per heavy atom. The van der Waals surface area contributed by atoms with Gasteiger partial charge < -0.3 is 19.5 Å². The first-order valence-corrected chi connectivity index (χ1v) is 9.75. The summed E-state index contributed by atoms with van der Waals surface area (Å²) >= 11 is 9.22. The summed E-state index contributed by atoms with van der Waals surface area (Å²) in [6.07, 6.45) is 0. The second-order valence-corrected chi connectivity index (χ2v) is 7.51. The van der Waals surface area contributed by atoms with E-state index in [9.17, 15) is 4.79 Å². The van der Waals surface area contributed by atoms with Crippen molar-refractivity contribution in [2.24, 2.45) is 0 Å². The first kappa shape index (κ1) is 18.8. The normalized spacial score (nSPS) is 18.2. The molecule has 4 rings (SSSR count). The van der Waals surface area contributed by atoms with Crippen molar-refractivity contribution in [3.63, 3.8) is 0 Å².